The van der Waals surface area contributed by atoms with Crippen LogP contribution in [0.1, 0.15) is 12.8 Å². The minimum atomic E-state index is 0.660. The summed E-state index contributed by atoms with van der Waals surface area (Å²) in [6, 6.07) is 7.98. The molecule has 1 aromatic rings. The molecule has 2 rings (SSSR count). The van der Waals surface area contributed by atoms with Crippen LogP contribution in [0, 0.1) is 5.92 Å². The number of piperidine rings is 1. The fourth-order valence-electron chi connectivity index (χ4n) is 2.30. The standard InChI is InChI=1S/C14H19BrClNO/c15-13-3-5-14(6-4-13)18-9-8-17-7-1-2-12(10-16)11-17/h3-6,12H,1-2,7-11H2. The van der Waals surface area contributed by atoms with Crippen molar-refractivity contribution in [2.75, 3.05) is 32.1 Å². The zero-order chi connectivity index (χ0) is 12.8. The predicted octanol–water partition coefficient (Wildman–Crippen LogP) is 3.78. The third-order valence-corrected chi connectivity index (χ3v) is 4.28. The summed E-state index contributed by atoms with van der Waals surface area (Å²) in [5.41, 5.74) is 0. The first kappa shape index (κ1) is 14.2. The summed E-state index contributed by atoms with van der Waals surface area (Å²) in [6.45, 7) is 4.03. The average Bonchev–Trinajstić information content (AvgIpc) is 2.41. The highest BCUT2D eigenvalue weighted by atomic mass is 79.9. The third-order valence-electron chi connectivity index (χ3n) is 3.31. The molecule has 0 spiro atoms. The van der Waals surface area contributed by atoms with E-state index in [9.17, 15) is 0 Å². The minimum Gasteiger partial charge on any atom is -0.492 e. The maximum absolute atomic E-state index is 5.93. The van der Waals surface area contributed by atoms with Gasteiger partial charge in [0.05, 0.1) is 0 Å². The summed E-state index contributed by atoms with van der Waals surface area (Å²) < 4.78 is 6.82. The lowest BCUT2D eigenvalue weighted by atomic mass is 10.0. The van der Waals surface area contributed by atoms with Gasteiger partial charge in [0.2, 0.25) is 0 Å². The minimum absolute atomic E-state index is 0.660. The quantitative estimate of drug-likeness (QED) is 0.761. The number of rotatable bonds is 5. The number of halogens is 2. The van der Waals surface area contributed by atoms with Gasteiger partial charge >= 0.3 is 0 Å². The van der Waals surface area contributed by atoms with Crippen molar-refractivity contribution >= 4 is 27.5 Å². The van der Waals surface area contributed by atoms with Crippen molar-refractivity contribution in [1.29, 1.82) is 0 Å². The van der Waals surface area contributed by atoms with Crippen LogP contribution >= 0.6 is 27.5 Å². The molecule has 4 heteroatoms. The Morgan fingerprint density at radius 2 is 2.11 bits per heavy atom. The van der Waals surface area contributed by atoms with Crippen LogP contribution in [0.15, 0.2) is 28.7 Å². The lowest BCUT2D eigenvalue weighted by Crippen LogP contribution is -2.38. The van der Waals surface area contributed by atoms with E-state index in [1.165, 1.54) is 19.4 Å². The van der Waals surface area contributed by atoms with Crippen molar-refractivity contribution in [3.05, 3.63) is 28.7 Å². The molecule has 1 atom stereocenters. The van der Waals surface area contributed by atoms with Crippen molar-refractivity contribution < 1.29 is 4.74 Å². The van der Waals surface area contributed by atoms with Gasteiger partial charge in [-0.2, -0.15) is 0 Å². The number of hydrogen-bond donors (Lipinski definition) is 0. The van der Waals surface area contributed by atoms with Gasteiger partial charge in [-0.25, -0.2) is 0 Å². The lowest BCUT2D eigenvalue weighted by molar-refractivity contribution is 0.154. The fourth-order valence-corrected chi connectivity index (χ4v) is 2.82. The van der Waals surface area contributed by atoms with Gasteiger partial charge in [0.1, 0.15) is 12.4 Å². The van der Waals surface area contributed by atoms with Gasteiger partial charge in [-0.3, -0.25) is 4.90 Å². The maximum atomic E-state index is 5.93. The summed E-state index contributed by atoms with van der Waals surface area (Å²) in [5.74, 6) is 2.38. The summed E-state index contributed by atoms with van der Waals surface area (Å²) in [4.78, 5) is 2.45. The zero-order valence-corrected chi connectivity index (χ0v) is 12.8. The van der Waals surface area contributed by atoms with Gasteiger partial charge in [0, 0.05) is 23.4 Å². The Morgan fingerprint density at radius 3 is 2.83 bits per heavy atom. The normalized spacial score (nSPS) is 20.9. The van der Waals surface area contributed by atoms with Gasteiger partial charge in [-0.1, -0.05) is 15.9 Å². The molecule has 1 aliphatic rings. The van der Waals surface area contributed by atoms with Crippen LogP contribution in [0.25, 0.3) is 0 Å². The molecule has 18 heavy (non-hydrogen) atoms. The van der Waals surface area contributed by atoms with Gasteiger partial charge < -0.3 is 4.74 Å². The summed E-state index contributed by atoms with van der Waals surface area (Å²) in [6.07, 6.45) is 2.53. The molecule has 0 amide bonds. The Balaban J connectivity index is 1.70. The van der Waals surface area contributed by atoms with Crippen molar-refractivity contribution in [2.24, 2.45) is 5.92 Å². The molecule has 1 fully saturated rings. The van der Waals surface area contributed by atoms with E-state index in [4.69, 9.17) is 16.3 Å². The Kier molecular flexibility index (Phi) is 5.80. The van der Waals surface area contributed by atoms with Crippen molar-refractivity contribution in [3.63, 3.8) is 0 Å². The molecule has 1 heterocycles. The summed E-state index contributed by atoms with van der Waals surface area (Å²) >= 11 is 9.34. The van der Waals surface area contributed by atoms with E-state index in [1.807, 2.05) is 24.3 Å². The number of ether oxygens (including phenoxy) is 1. The van der Waals surface area contributed by atoms with E-state index in [2.05, 4.69) is 20.8 Å². The first-order valence-corrected chi connectivity index (χ1v) is 7.77. The molecule has 0 aromatic heterocycles. The van der Waals surface area contributed by atoms with Crippen molar-refractivity contribution in [1.82, 2.24) is 4.90 Å². The number of benzene rings is 1. The van der Waals surface area contributed by atoms with Crippen LogP contribution < -0.4 is 4.74 Å². The first-order valence-electron chi connectivity index (χ1n) is 6.44. The Hall–Kier alpha value is -0.250. The maximum Gasteiger partial charge on any atom is 0.119 e. The molecule has 1 aromatic carbocycles. The second kappa shape index (κ2) is 7.37. The van der Waals surface area contributed by atoms with Crippen LogP contribution in [0.3, 0.4) is 0 Å². The number of likely N-dealkylation sites (tertiary alicyclic amines) is 1. The van der Waals surface area contributed by atoms with E-state index < -0.39 is 0 Å². The van der Waals surface area contributed by atoms with E-state index in [-0.39, 0.29) is 0 Å². The third kappa shape index (κ3) is 4.45. The molecule has 0 radical (unpaired) electrons. The monoisotopic (exact) mass is 331 g/mol. The second-order valence-electron chi connectivity index (χ2n) is 4.77. The van der Waals surface area contributed by atoms with E-state index >= 15 is 0 Å². The highest BCUT2D eigenvalue weighted by Crippen LogP contribution is 2.18. The Labute approximate surface area is 122 Å². The number of nitrogens with zero attached hydrogens (tertiary/aromatic N) is 1. The molecule has 1 saturated heterocycles. The molecule has 0 saturated carbocycles. The Bertz CT molecular complexity index is 357. The lowest BCUT2D eigenvalue weighted by Gasteiger charge is -2.31. The molecule has 0 aliphatic carbocycles. The van der Waals surface area contributed by atoms with Crippen LogP contribution in [-0.2, 0) is 0 Å². The molecule has 1 aliphatic heterocycles. The highest BCUT2D eigenvalue weighted by molar-refractivity contribution is 9.10. The zero-order valence-electron chi connectivity index (χ0n) is 10.4. The molecule has 2 nitrogen and oxygen atoms in total. The van der Waals surface area contributed by atoms with Gasteiger partial charge in [0.25, 0.3) is 0 Å². The van der Waals surface area contributed by atoms with Crippen LogP contribution in [0.2, 0.25) is 0 Å². The Morgan fingerprint density at radius 1 is 1.33 bits per heavy atom. The summed E-state index contributed by atoms with van der Waals surface area (Å²) in [7, 11) is 0. The topological polar surface area (TPSA) is 12.5 Å². The molecule has 1 unspecified atom stereocenters. The van der Waals surface area contributed by atoms with Gasteiger partial charge in [0.15, 0.2) is 0 Å². The SMILES string of the molecule is ClCC1CCCN(CCOc2ccc(Br)cc2)C1. The smallest absolute Gasteiger partial charge is 0.119 e. The number of alkyl halides is 1. The molecule has 100 valence electrons. The van der Waals surface area contributed by atoms with Crippen LogP contribution in [0.4, 0.5) is 0 Å². The van der Waals surface area contributed by atoms with Gasteiger partial charge in [-0.15, -0.1) is 11.6 Å². The van der Waals surface area contributed by atoms with Gasteiger partial charge in [-0.05, 0) is 49.6 Å². The summed E-state index contributed by atoms with van der Waals surface area (Å²) in [5, 5.41) is 0. The van der Waals surface area contributed by atoms with Crippen LogP contribution in [-0.4, -0.2) is 37.0 Å². The van der Waals surface area contributed by atoms with Crippen molar-refractivity contribution in [2.45, 2.75) is 12.8 Å². The van der Waals surface area contributed by atoms with E-state index in [1.54, 1.807) is 0 Å². The van der Waals surface area contributed by atoms with Crippen molar-refractivity contribution in [3.8, 4) is 5.75 Å². The molecular formula is C14H19BrClNO. The van der Waals surface area contributed by atoms with E-state index in [0.717, 1.165) is 35.8 Å². The highest BCUT2D eigenvalue weighted by Gasteiger charge is 2.18. The largest absolute Gasteiger partial charge is 0.492 e. The first-order chi connectivity index (χ1) is 8.78. The fraction of sp³-hybridized carbons (Fsp3) is 0.571. The number of hydrogen-bond acceptors (Lipinski definition) is 2. The predicted molar refractivity (Wildman–Crippen MR) is 79.5 cm³/mol. The molecular weight excluding hydrogens is 314 g/mol. The average molecular weight is 333 g/mol. The van der Waals surface area contributed by atoms with Crippen LogP contribution in [0.5, 0.6) is 5.75 Å². The molecule has 0 N–H and O–H groups in total. The van der Waals surface area contributed by atoms with E-state index in [0.29, 0.717) is 5.92 Å². The second-order valence-corrected chi connectivity index (χ2v) is 5.99. The molecule has 0 bridgehead atoms.